The Morgan fingerprint density at radius 3 is 2.73 bits per heavy atom. The molecule has 2 heterocycles. The molecule has 8 nitrogen and oxygen atoms in total. The molecule has 1 fully saturated rings. The van der Waals surface area contributed by atoms with Crippen LogP contribution in [-0.4, -0.2) is 56.3 Å². The number of carbonyl (C=O) groups excluding carboxylic acids is 1. The van der Waals surface area contributed by atoms with E-state index in [0.29, 0.717) is 6.04 Å². The van der Waals surface area contributed by atoms with Crippen LogP contribution in [0.5, 0.6) is 0 Å². The molecule has 1 saturated carbocycles. The summed E-state index contributed by atoms with van der Waals surface area (Å²) in [6.45, 7) is 1.20. The second-order valence-corrected chi connectivity index (χ2v) is 8.15. The molecule has 2 aliphatic rings. The molecule has 0 radical (unpaired) electrons. The van der Waals surface area contributed by atoms with Crippen LogP contribution in [0.2, 0.25) is 0 Å². The summed E-state index contributed by atoms with van der Waals surface area (Å²) in [6, 6.07) is 10.8. The van der Waals surface area contributed by atoms with Gasteiger partial charge >= 0.3 is 0 Å². The maximum atomic E-state index is 11.5. The number of amides is 1. The van der Waals surface area contributed by atoms with Gasteiger partial charge < -0.3 is 25.9 Å². The summed E-state index contributed by atoms with van der Waals surface area (Å²) in [4.78, 5) is 21.0. The third kappa shape index (κ3) is 4.43. The summed E-state index contributed by atoms with van der Waals surface area (Å²) in [5.41, 5.74) is 7.53. The number of benzene rings is 1. The first-order chi connectivity index (χ1) is 14.5. The monoisotopic (exact) mass is 409 g/mol. The number of anilines is 5. The fourth-order valence-corrected chi connectivity index (χ4v) is 4.31. The first-order valence-electron chi connectivity index (χ1n) is 10.6. The van der Waals surface area contributed by atoms with Gasteiger partial charge in [-0.25, -0.2) is 9.99 Å². The highest BCUT2D eigenvalue weighted by atomic mass is 16.2. The topological polar surface area (TPSA) is 75.8 Å². The summed E-state index contributed by atoms with van der Waals surface area (Å²) in [6.07, 6.45) is 7.16. The minimum Gasteiger partial charge on any atom is -0.358 e. The van der Waals surface area contributed by atoms with Crippen molar-refractivity contribution in [1.82, 2.24) is 15.3 Å². The molecule has 0 bridgehead atoms. The van der Waals surface area contributed by atoms with Gasteiger partial charge in [0.15, 0.2) is 0 Å². The van der Waals surface area contributed by atoms with Crippen LogP contribution >= 0.6 is 0 Å². The van der Waals surface area contributed by atoms with Gasteiger partial charge in [0.2, 0.25) is 5.91 Å². The number of carbonyl (C=O) groups is 1. The molecule has 1 aromatic heterocycles. The van der Waals surface area contributed by atoms with Crippen LogP contribution in [0.3, 0.4) is 0 Å². The predicted molar refractivity (Wildman–Crippen MR) is 122 cm³/mol. The molecule has 30 heavy (non-hydrogen) atoms. The first-order valence-corrected chi connectivity index (χ1v) is 10.6. The molecule has 1 aliphatic heterocycles. The van der Waals surface area contributed by atoms with Crippen molar-refractivity contribution in [2.75, 3.05) is 54.9 Å². The average Bonchev–Trinajstić information content (AvgIpc) is 3.36. The summed E-state index contributed by atoms with van der Waals surface area (Å²) in [7, 11) is 5.61. The summed E-state index contributed by atoms with van der Waals surface area (Å²) >= 11 is 0. The normalized spacial score (nSPS) is 16.1. The van der Waals surface area contributed by atoms with E-state index >= 15 is 0 Å². The van der Waals surface area contributed by atoms with E-state index in [4.69, 9.17) is 0 Å². The third-order valence-electron chi connectivity index (χ3n) is 5.83. The smallest absolute Gasteiger partial charge is 0.235 e. The Morgan fingerprint density at radius 2 is 1.97 bits per heavy atom. The van der Waals surface area contributed by atoms with Crippen LogP contribution in [0, 0.1) is 0 Å². The minimum atomic E-state index is -0.0431. The maximum Gasteiger partial charge on any atom is 0.235 e. The SMILES string of the molecule is CNC(=O)CN(C)Nc1cccc(Nc2cc3c(cn2)N(C)CN3C2CCCC2)c1. The van der Waals surface area contributed by atoms with E-state index in [1.807, 2.05) is 37.5 Å². The van der Waals surface area contributed by atoms with Crippen molar-refractivity contribution in [3.63, 3.8) is 0 Å². The van der Waals surface area contributed by atoms with Gasteiger partial charge in [-0.1, -0.05) is 18.9 Å². The Kier molecular flexibility index (Phi) is 5.94. The van der Waals surface area contributed by atoms with Gasteiger partial charge in [-0.05, 0) is 31.0 Å². The molecular weight excluding hydrogens is 378 g/mol. The van der Waals surface area contributed by atoms with Crippen LogP contribution in [-0.2, 0) is 4.79 Å². The van der Waals surface area contributed by atoms with Crippen molar-refractivity contribution in [3.8, 4) is 0 Å². The Morgan fingerprint density at radius 1 is 1.20 bits per heavy atom. The van der Waals surface area contributed by atoms with Crippen LogP contribution in [0.1, 0.15) is 25.7 Å². The van der Waals surface area contributed by atoms with Gasteiger partial charge in [0.1, 0.15) is 5.82 Å². The van der Waals surface area contributed by atoms with E-state index in [9.17, 15) is 4.79 Å². The van der Waals surface area contributed by atoms with Gasteiger partial charge in [-0.2, -0.15) is 0 Å². The van der Waals surface area contributed by atoms with Gasteiger partial charge in [-0.15, -0.1) is 0 Å². The van der Waals surface area contributed by atoms with Gasteiger partial charge in [-0.3, -0.25) is 4.79 Å². The predicted octanol–water partition coefficient (Wildman–Crippen LogP) is 2.99. The lowest BCUT2D eigenvalue weighted by atomic mass is 10.2. The number of likely N-dealkylation sites (N-methyl/N-ethyl adjacent to an activating group) is 2. The fourth-order valence-electron chi connectivity index (χ4n) is 4.31. The molecule has 0 atom stereocenters. The van der Waals surface area contributed by atoms with E-state index in [2.05, 4.69) is 44.0 Å². The number of pyridine rings is 1. The summed E-state index contributed by atoms with van der Waals surface area (Å²) in [5.74, 6) is 0.793. The van der Waals surface area contributed by atoms with Crippen molar-refractivity contribution >= 4 is 34.5 Å². The molecule has 8 heteroatoms. The minimum absolute atomic E-state index is 0.0431. The van der Waals surface area contributed by atoms with Crippen LogP contribution < -0.4 is 25.9 Å². The van der Waals surface area contributed by atoms with E-state index < -0.39 is 0 Å². The molecule has 1 aromatic carbocycles. The van der Waals surface area contributed by atoms with Crippen LogP contribution in [0.15, 0.2) is 36.5 Å². The lowest BCUT2D eigenvalue weighted by Gasteiger charge is -2.26. The van der Waals surface area contributed by atoms with Gasteiger partial charge in [0.05, 0.1) is 36.5 Å². The Balaban J connectivity index is 1.47. The molecule has 0 saturated heterocycles. The van der Waals surface area contributed by atoms with Crippen molar-refractivity contribution < 1.29 is 4.79 Å². The van der Waals surface area contributed by atoms with E-state index in [-0.39, 0.29) is 12.5 Å². The number of fused-ring (bicyclic) bond motifs is 1. The van der Waals surface area contributed by atoms with Crippen molar-refractivity contribution in [1.29, 1.82) is 0 Å². The number of nitrogens with zero attached hydrogens (tertiary/aromatic N) is 4. The number of nitrogens with one attached hydrogen (secondary N) is 3. The first kappa shape index (κ1) is 20.3. The highest BCUT2D eigenvalue weighted by Gasteiger charge is 2.31. The molecular formula is C22H31N7O. The van der Waals surface area contributed by atoms with E-state index in [1.54, 1.807) is 12.1 Å². The van der Waals surface area contributed by atoms with Crippen LogP contribution in [0.25, 0.3) is 0 Å². The second kappa shape index (κ2) is 8.79. The zero-order valence-electron chi connectivity index (χ0n) is 18.0. The Labute approximate surface area is 178 Å². The maximum absolute atomic E-state index is 11.5. The zero-order chi connectivity index (χ0) is 21.1. The van der Waals surface area contributed by atoms with Crippen LogP contribution in [0.4, 0.5) is 28.6 Å². The highest BCUT2D eigenvalue weighted by Crippen LogP contribution is 2.40. The quantitative estimate of drug-likeness (QED) is 0.607. The largest absolute Gasteiger partial charge is 0.358 e. The zero-order valence-corrected chi connectivity index (χ0v) is 18.0. The molecule has 0 spiro atoms. The number of rotatable bonds is 7. The van der Waals surface area contributed by atoms with Gasteiger partial charge in [0, 0.05) is 38.9 Å². The molecule has 1 aliphatic carbocycles. The van der Waals surface area contributed by atoms with E-state index in [1.165, 1.54) is 37.1 Å². The van der Waals surface area contributed by atoms with E-state index in [0.717, 1.165) is 23.9 Å². The lowest BCUT2D eigenvalue weighted by Crippen LogP contribution is -2.36. The average molecular weight is 410 g/mol. The standard InChI is InChI=1S/C22H31N7O/c1-23-22(30)14-28(3)26-17-8-6-7-16(11-17)25-21-12-19-20(13-24-21)27(2)15-29(19)18-9-4-5-10-18/h6-8,11-13,18,26H,4-5,9-10,14-15H2,1-3H3,(H,23,30)(H,24,25). The molecule has 0 unspecified atom stereocenters. The number of hydrogen-bond donors (Lipinski definition) is 3. The number of hydrazine groups is 1. The van der Waals surface area contributed by atoms with Crippen molar-refractivity contribution in [2.45, 2.75) is 31.7 Å². The molecule has 160 valence electrons. The Bertz CT molecular complexity index is 897. The van der Waals surface area contributed by atoms with Crippen molar-refractivity contribution in [2.24, 2.45) is 0 Å². The lowest BCUT2D eigenvalue weighted by molar-refractivity contribution is -0.121. The number of aromatic nitrogens is 1. The molecule has 4 rings (SSSR count). The second-order valence-electron chi connectivity index (χ2n) is 8.15. The fraction of sp³-hybridized carbons (Fsp3) is 0.455. The molecule has 2 aromatic rings. The number of hydrogen-bond acceptors (Lipinski definition) is 7. The summed E-state index contributed by atoms with van der Waals surface area (Å²) < 4.78 is 0. The molecule has 1 amide bonds. The van der Waals surface area contributed by atoms with Gasteiger partial charge in [0.25, 0.3) is 0 Å². The Hall–Kier alpha value is -3.00. The highest BCUT2D eigenvalue weighted by molar-refractivity contribution is 5.79. The van der Waals surface area contributed by atoms with Crippen molar-refractivity contribution in [3.05, 3.63) is 36.5 Å². The summed E-state index contributed by atoms with van der Waals surface area (Å²) in [5, 5.41) is 7.81. The third-order valence-corrected chi connectivity index (χ3v) is 5.83. The molecule has 3 N–H and O–H groups in total.